The van der Waals surface area contributed by atoms with Crippen LogP contribution in [0.5, 0.6) is 5.75 Å². The van der Waals surface area contributed by atoms with Gasteiger partial charge in [0.1, 0.15) is 11.4 Å². The topological polar surface area (TPSA) is 53.5 Å². The predicted octanol–water partition coefficient (Wildman–Crippen LogP) is 2.05. The quantitative estimate of drug-likeness (QED) is 0.763. The number of nitrogens with one attached hydrogen (secondary N) is 2. The van der Waals surface area contributed by atoms with Crippen LogP contribution in [0.15, 0.2) is 18.2 Å². The van der Waals surface area contributed by atoms with Crippen LogP contribution in [0.1, 0.15) is 38.4 Å². The molecule has 2 atom stereocenters. The number of benzene rings is 1. The molecule has 1 saturated heterocycles. The fourth-order valence-electron chi connectivity index (χ4n) is 2.81. The normalized spacial score (nSPS) is 26.2. The van der Waals surface area contributed by atoms with Gasteiger partial charge in [-0.25, -0.2) is 0 Å². The molecule has 0 amide bonds. The first-order valence-corrected chi connectivity index (χ1v) is 7.03. The number of hydrogen-bond donors (Lipinski definition) is 3. The Morgan fingerprint density at radius 1 is 1.42 bits per heavy atom. The van der Waals surface area contributed by atoms with E-state index in [-0.39, 0.29) is 11.6 Å². The van der Waals surface area contributed by atoms with Gasteiger partial charge in [0.05, 0.1) is 18.3 Å². The van der Waals surface area contributed by atoms with Crippen LogP contribution in [0, 0.1) is 0 Å². The van der Waals surface area contributed by atoms with E-state index in [4.69, 9.17) is 4.74 Å². The maximum absolute atomic E-state index is 10.4. The average molecular weight is 262 g/mol. The molecule has 1 aromatic carbocycles. The SMILES string of the molecule is CC1(C)CNc2cc(C(O)C3CCCN3)ccc2O1. The highest BCUT2D eigenvalue weighted by atomic mass is 16.5. The highest BCUT2D eigenvalue weighted by Crippen LogP contribution is 2.35. The molecule has 0 spiro atoms. The van der Waals surface area contributed by atoms with E-state index in [2.05, 4.69) is 24.5 Å². The number of aliphatic hydroxyl groups excluding tert-OH is 1. The van der Waals surface area contributed by atoms with Crippen molar-refractivity contribution in [3.8, 4) is 5.75 Å². The summed E-state index contributed by atoms with van der Waals surface area (Å²) in [5, 5.41) is 17.1. The number of rotatable bonds is 2. The van der Waals surface area contributed by atoms with E-state index in [1.807, 2.05) is 18.2 Å². The van der Waals surface area contributed by atoms with Gasteiger partial charge in [-0.05, 0) is 50.9 Å². The standard InChI is InChI=1S/C15H22N2O2/c1-15(2)9-17-12-8-10(5-6-13(12)19-15)14(18)11-4-3-7-16-11/h5-6,8,11,14,16-18H,3-4,7,9H2,1-2H3. The van der Waals surface area contributed by atoms with E-state index in [0.717, 1.165) is 42.9 Å². The minimum atomic E-state index is -0.440. The van der Waals surface area contributed by atoms with Crippen LogP contribution >= 0.6 is 0 Å². The van der Waals surface area contributed by atoms with Crippen molar-refractivity contribution in [3.63, 3.8) is 0 Å². The minimum Gasteiger partial charge on any atom is -0.484 e. The highest BCUT2D eigenvalue weighted by molar-refractivity contribution is 5.60. The van der Waals surface area contributed by atoms with Crippen LogP contribution in [0.2, 0.25) is 0 Å². The summed E-state index contributed by atoms with van der Waals surface area (Å²) in [5.41, 5.74) is 1.75. The first-order chi connectivity index (χ1) is 9.05. The third-order valence-corrected chi connectivity index (χ3v) is 3.92. The van der Waals surface area contributed by atoms with Crippen molar-refractivity contribution in [3.05, 3.63) is 23.8 Å². The van der Waals surface area contributed by atoms with Gasteiger partial charge in [-0.15, -0.1) is 0 Å². The molecule has 19 heavy (non-hydrogen) atoms. The molecule has 0 aliphatic carbocycles. The zero-order valence-corrected chi connectivity index (χ0v) is 11.6. The van der Waals surface area contributed by atoms with Crippen molar-refractivity contribution in [1.82, 2.24) is 5.32 Å². The van der Waals surface area contributed by atoms with Crippen LogP contribution < -0.4 is 15.4 Å². The summed E-state index contributed by atoms with van der Waals surface area (Å²) in [5.74, 6) is 0.867. The molecule has 0 radical (unpaired) electrons. The van der Waals surface area contributed by atoms with E-state index < -0.39 is 6.10 Å². The highest BCUT2D eigenvalue weighted by Gasteiger charge is 2.28. The number of ether oxygens (including phenoxy) is 1. The van der Waals surface area contributed by atoms with Crippen LogP contribution in [0.4, 0.5) is 5.69 Å². The maximum atomic E-state index is 10.4. The van der Waals surface area contributed by atoms with Crippen molar-refractivity contribution in [2.75, 3.05) is 18.4 Å². The monoisotopic (exact) mass is 262 g/mol. The summed E-state index contributed by atoms with van der Waals surface area (Å²) >= 11 is 0. The summed E-state index contributed by atoms with van der Waals surface area (Å²) < 4.78 is 5.92. The lowest BCUT2D eigenvalue weighted by Crippen LogP contribution is -2.40. The molecule has 0 saturated carbocycles. The van der Waals surface area contributed by atoms with E-state index in [0.29, 0.717) is 0 Å². The second-order valence-corrected chi connectivity index (χ2v) is 6.12. The zero-order chi connectivity index (χ0) is 13.5. The Morgan fingerprint density at radius 3 is 3.00 bits per heavy atom. The summed E-state index contributed by atoms with van der Waals surface area (Å²) in [6, 6.07) is 6.11. The minimum absolute atomic E-state index is 0.180. The van der Waals surface area contributed by atoms with Crippen LogP contribution in [0.25, 0.3) is 0 Å². The smallest absolute Gasteiger partial charge is 0.143 e. The second-order valence-electron chi connectivity index (χ2n) is 6.12. The van der Waals surface area contributed by atoms with Crippen molar-refractivity contribution >= 4 is 5.69 Å². The van der Waals surface area contributed by atoms with Gasteiger partial charge in [0, 0.05) is 6.04 Å². The second kappa shape index (κ2) is 4.69. The molecule has 0 bridgehead atoms. The van der Waals surface area contributed by atoms with Gasteiger partial charge >= 0.3 is 0 Å². The first kappa shape index (κ1) is 12.8. The maximum Gasteiger partial charge on any atom is 0.143 e. The molecule has 2 heterocycles. The molecule has 0 aromatic heterocycles. The van der Waals surface area contributed by atoms with E-state index in [1.54, 1.807) is 0 Å². The summed E-state index contributed by atoms with van der Waals surface area (Å²) in [4.78, 5) is 0. The van der Waals surface area contributed by atoms with Crippen molar-refractivity contribution < 1.29 is 9.84 Å². The lowest BCUT2D eigenvalue weighted by atomic mass is 9.99. The van der Waals surface area contributed by atoms with Crippen molar-refractivity contribution in [2.24, 2.45) is 0 Å². The molecule has 104 valence electrons. The summed E-state index contributed by atoms with van der Waals surface area (Å²) in [7, 11) is 0. The Kier molecular flexibility index (Phi) is 3.15. The van der Waals surface area contributed by atoms with Crippen LogP contribution in [0.3, 0.4) is 0 Å². The summed E-state index contributed by atoms with van der Waals surface area (Å²) in [6.07, 6.45) is 1.74. The van der Waals surface area contributed by atoms with Gasteiger partial charge in [-0.2, -0.15) is 0 Å². The molecule has 3 N–H and O–H groups in total. The van der Waals surface area contributed by atoms with Crippen LogP contribution in [-0.2, 0) is 0 Å². The zero-order valence-electron chi connectivity index (χ0n) is 11.6. The molecule has 4 heteroatoms. The van der Waals surface area contributed by atoms with E-state index in [1.165, 1.54) is 0 Å². The molecular weight excluding hydrogens is 240 g/mol. The number of anilines is 1. The van der Waals surface area contributed by atoms with Gasteiger partial charge in [-0.3, -0.25) is 0 Å². The lowest BCUT2D eigenvalue weighted by molar-refractivity contribution is 0.115. The molecule has 4 nitrogen and oxygen atoms in total. The lowest BCUT2D eigenvalue weighted by Gasteiger charge is -2.34. The number of fused-ring (bicyclic) bond motifs is 1. The van der Waals surface area contributed by atoms with Gasteiger partial charge in [0.2, 0.25) is 0 Å². The molecule has 2 unspecified atom stereocenters. The third-order valence-electron chi connectivity index (χ3n) is 3.92. The number of hydrogen-bond acceptors (Lipinski definition) is 4. The molecule has 2 aliphatic rings. The van der Waals surface area contributed by atoms with Gasteiger partial charge in [-0.1, -0.05) is 6.07 Å². The van der Waals surface area contributed by atoms with E-state index >= 15 is 0 Å². The van der Waals surface area contributed by atoms with Gasteiger partial charge in [0.25, 0.3) is 0 Å². The van der Waals surface area contributed by atoms with Gasteiger partial charge in [0.15, 0.2) is 0 Å². The van der Waals surface area contributed by atoms with Crippen molar-refractivity contribution in [2.45, 2.75) is 44.4 Å². The third kappa shape index (κ3) is 2.55. The Hall–Kier alpha value is -1.26. The summed E-state index contributed by atoms with van der Waals surface area (Å²) in [6.45, 7) is 5.91. The predicted molar refractivity (Wildman–Crippen MR) is 75.6 cm³/mol. The molecular formula is C15H22N2O2. The molecule has 1 aromatic rings. The Labute approximate surface area is 114 Å². The fraction of sp³-hybridized carbons (Fsp3) is 0.600. The Morgan fingerprint density at radius 2 is 2.26 bits per heavy atom. The first-order valence-electron chi connectivity index (χ1n) is 7.03. The largest absolute Gasteiger partial charge is 0.484 e. The molecule has 1 fully saturated rings. The average Bonchev–Trinajstić information content (AvgIpc) is 2.90. The molecule has 2 aliphatic heterocycles. The Bertz CT molecular complexity index is 467. The Balaban J connectivity index is 1.81. The van der Waals surface area contributed by atoms with Crippen molar-refractivity contribution in [1.29, 1.82) is 0 Å². The fourth-order valence-corrected chi connectivity index (χ4v) is 2.81. The van der Waals surface area contributed by atoms with Gasteiger partial charge < -0.3 is 20.5 Å². The number of aliphatic hydroxyl groups is 1. The van der Waals surface area contributed by atoms with E-state index in [9.17, 15) is 5.11 Å². The molecule has 3 rings (SSSR count). The van der Waals surface area contributed by atoms with Crippen LogP contribution in [-0.4, -0.2) is 29.8 Å².